The van der Waals surface area contributed by atoms with E-state index in [0.29, 0.717) is 6.54 Å². The van der Waals surface area contributed by atoms with Crippen molar-refractivity contribution in [3.05, 3.63) is 53.5 Å². The number of nitrogens with zero attached hydrogens (tertiary/aromatic N) is 2. The molecule has 0 aliphatic rings. The number of aryl methyl sites for hydroxylation is 1. The van der Waals surface area contributed by atoms with E-state index in [1.807, 2.05) is 19.1 Å². The summed E-state index contributed by atoms with van der Waals surface area (Å²) in [6, 6.07) is 10.5. The lowest BCUT2D eigenvalue weighted by molar-refractivity contribution is 0.627. The highest BCUT2D eigenvalue weighted by atomic mass is 19.1. The van der Waals surface area contributed by atoms with E-state index in [1.165, 1.54) is 12.1 Å². The normalized spacial score (nSPS) is 10.6. The maximum atomic E-state index is 13.0. The summed E-state index contributed by atoms with van der Waals surface area (Å²) in [5, 5.41) is 0. The van der Waals surface area contributed by atoms with Gasteiger partial charge in [0.15, 0.2) is 0 Å². The Morgan fingerprint density at radius 3 is 2.40 bits per heavy atom. The van der Waals surface area contributed by atoms with E-state index in [1.54, 1.807) is 12.1 Å². The number of aromatic nitrogens is 1. The zero-order chi connectivity index (χ0) is 14.5. The molecule has 0 amide bonds. The van der Waals surface area contributed by atoms with Crippen LogP contribution in [0.2, 0.25) is 0 Å². The van der Waals surface area contributed by atoms with E-state index in [0.717, 1.165) is 35.7 Å². The van der Waals surface area contributed by atoms with Crippen LogP contribution in [0, 0.1) is 5.82 Å². The topological polar surface area (TPSA) is 42.1 Å². The summed E-state index contributed by atoms with van der Waals surface area (Å²) in [5.41, 5.74) is 8.75. The van der Waals surface area contributed by atoms with Crippen LogP contribution in [0.15, 0.2) is 36.4 Å². The zero-order valence-electron chi connectivity index (χ0n) is 11.9. The third kappa shape index (κ3) is 3.14. The molecule has 0 aliphatic heterocycles. The Balaban J connectivity index is 2.42. The van der Waals surface area contributed by atoms with Gasteiger partial charge in [0, 0.05) is 24.5 Å². The number of nitrogens with two attached hydrogens (primary N) is 1. The first-order valence-corrected chi connectivity index (χ1v) is 6.91. The summed E-state index contributed by atoms with van der Waals surface area (Å²) in [7, 11) is 0. The molecule has 1 aromatic heterocycles. The van der Waals surface area contributed by atoms with Gasteiger partial charge >= 0.3 is 0 Å². The van der Waals surface area contributed by atoms with E-state index in [-0.39, 0.29) is 5.82 Å². The lowest BCUT2D eigenvalue weighted by Gasteiger charge is -2.23. The second-order valence-electron chi connectivity index (χ2n) is 4.60. The van der Waals surface area contributed by atoms with Crippen LogP contribution in [0.3, 0.4) is 0 Å². The minimum Gasteiger partial charge on any atom is -0.327 e. The molecule has 2 rings (SSSR count). The van der Waals surface area contributed by atoms with Gasteiger partial charge in [-0.15, -0.1) is 0 Å². The number of halogens is 1. The van der Waals surface area contributed by atoms with Crippen LogP contribution >= 0.6 is 0 Å². The SMILES string of the molecule is CCc1cc(CN)cc(N(CC)c2ccc(F)cc2)n1. The monoisotopic (exact) mass is 273 g/mol. The van der Waals surface area contributed by atoms with Crippen molar-refractivity contribution in [1.29, 1.82) is 0 Å². The molecular formula is C16H20FN3. The molecule has 2 aromatic rings. The van der Waals surface area contributed by atoms with Gasteiger partial charge in [0.1, 0.15) is 11.6 Å². The third-order valence-electron chi connectivity index (χ3n) is 3.25. The van der Waals surface area contributed by atoms with Crippen LogP contribution in [-0.4, -0.2) is 11.5 Å². The van der Waals surface area contributed by atoms with Crippen molar-refractivity contribution in [3.63, 3.8) is 0 Å². The lowest BCUT2D eigenvalue weighted by Crippen LogP contribution is -2.18. The molecule has 0 unspecified atom stereocenters. The second-order valence-corrected chi connectivity index (χ2v) is 4.60. The number of benzene rings is 1. The first-order chi connectivity index (χ1) is 9.67. The zero-order valence-corrected chi connectivity index (χ0v) is 11.9. The van der Waals surface area contributed by atoms with Crippen LogP contribution in [0.5, 0.6) is 0 Å². The molecule has 0 bridgehead atoms. The highest BCUT2D eigenvalue weighted by Crippen LogP contribution is 2.25. The Morgan fingerprint density at radius 2 is 1.85 bits per heavy atom. The van der Waals surface area contributed by atoms with E-state index in [2.05, 4.69) is 16.8 Å². The Hall–Kier alpha value is -1.94. The summed E-state index contributed by atoms with van der Waals surface area (Å²) < 4.78 is 13.0. The molecule has 0 aliphatic carbocycles. The maximum absolute atomic E-state index is 13.0. The molecule has 0 atom stereocenters. The summed E-state index contributed by atoms with van der Waals surface area (Å²) >= 11 is 0. The van der Waals surface area contributed by atoms with Gasteiger partial charge in [-0.3, -0.25) is 0 Å². The van der Waals surface area contributed by atoms with Crippen molar-refractivity contribution < 1.29 is 4.39 Å². The molecule has 0 radical (unpaired) electrons. The molecule has 3 nitrogen and oxygen atoms in total. The van der Waals surface area contributed by atoms with Gasteiger partial charge in [-0.2, -0.15) is 0 Å². The van der Waals surface area contributed by atoms with Crippen LogP contribution < -0.4 is 10.6 Å². The smallest absolute Gasteiger partial charge is 0.133 e. The van der Waals surface area contributed by atoms with Gasteiger partial charge in [0.25, 0.3) is 0 Å². The fourth-order valence-electron chi connectivity index (χ4n) is 2.17. The van der Waals surface area contributed by atoms with Gasteiger partial charge in [-0.25, -0.2) is 9.37 Å². The molecule has 0 saturated heterocycles. The Morgan fingerprint density at radius 1 is 1.15 bits per heavy atom. The number of pyridine rings is 1. The minimum atomic E-state index is -0.234. The molecule has 1 heterocycles. The van der Waals surface area contributed by atoms with E-state index < -0.39 is 0 Å². The van der Waals surface area contributed by atoms with Crippen LogP contribution in [0.1, 0.15) is 25.1 Å². The summed E-state index contributed by atoms with van der Waals surface area (Å²) in [6.45, 7) is 5.37. The molecule has 1 aromatic carbocycles. The quantitative estimate of drug-likeness (QED) is 0.908. The van der Waals surface area contributed by atoms with Gasteiger partial charge in [0.05, 0.1) is 0 Å². The number of hydrogen-bond donors (Lipinski definition) is 1. The average Bonchev–Trinajstić information content (AvgIpc) is 2.49. The van der Waals surface area contributed by atoms with E-state index in [4.69, 9.17) is 5.73 Å². The van der Waals surface area contributed by atoms with Gasteiger partial charge in [-0.05, 0) is 55.3 Å². The van der Waals surface area contributed by atoms with Crippen molar-refractivity contribution in [2.24, 2.45) is 5.73 Å². The molecular weight excluding hydrogens is 253 g/mol. The first-order valence-electron chi connectivity index (χ1n) is 6.91. The van der Waals surface area contributed by atoms with Crippen LogP contribution in [0.25, 0.3) is 0 Å². The predicted octanol–water partition coefficient (Wildman–Crippen LogP) is 3.40. The van der Waals surface area contributed by atoms with E-state index in [9.17, 15) is 4.39 Å². The molecule has 0 spiro atoms. The summed E-state index contributed by atoms with van der Waals surface area (Å²) in [4.78, 5) is 6.70. The Labute approximate surface area is 119 Å². The van der Waals surface area contributed by atoms with Crippen molar-refractivity contribution in [3.8, 4) is 0 Å². The lowest BCUT2D eigenvalue weighted by atomic mass is 10.2. The second kappa shape index (κ2) is 6.48. The minimum absolute atomic E-state index is 0.234. The standard InChI is InChI=1S/C16H20FN3/c1-3-14-9-12(11-18)10-16(19-14)20(4-2)15-7-5-13(17)6-8-15/h5-10H,3-4,11,18H2,1-2H3. The fourth-order valence-corrected chi connectivity index (χ4v) is 2.17. The number of hydrogen-bond acceptors (Lipinski definition) is 3. The van der Waals surface area contributed by atoms with Gasteiger partial charge in [0.2, 0.25) is 0 Å². The Kier molecular flexibility index (Phi) is 4.69. The van der Waals surface area contributed by atoms with Crippen molar-refractivity contribution in [1.82, 2.24) is 4.98 Å². The van der Waals surface area contributed by atoms with Gasteiger partial charge in [-0.1, -0.05) is 6.92 Å². The summed E-state index contributed by atoms with van der Waals surface area (Å²) in [5.74, 6) is 0.627. The molecule has 2 N–H and O–H groups in total. The highest BCUT2D eigenvalue weighted by molar-refractivity contribution is 5.60. The van der Waals surface area contributed by atoms with Crippen molar-refractivity contribution in [2.75, 3.05) is 11.4 Å². The maximum Gasteiger partial charge on any atom is 0.133 e. The highest BCUT2D eigenvalue weighted by Gasteiger charge is 2.10. The van der Waals surface area contributed by atoms with Gasteiger partial charge < -0.3 is 10.6 Å². The van der Waals surface area contributed by atoms with E-state index >= 15 is 0 Å². The fraction of sp³-hybridized carbons (Fsp3) is 0.312. The third-order valence-corrected chi connectivity index (χ3v) is 3.25. The number of anilines is 2. The molecule has 4 heteroatoms. The van der Waals surface area contributed by atoms with Crippen molar-refractivity contribution >= 4 is 11.5 Å². The molecule has 0 saturated carbocycles. The van der Waals surface area contributed by atoms with Crippen molar-refractivity contribution in [2.45, 2.75) is 26.8 Å². The molecule has 20 heavy (non-hydrogen) atoms. The average molecular weight is 273 g/mol. The molecule has 0 fully saturated rings. The summed E-state index contributed by atoms with van der Waals surface area (Å²) in [6.07, 6.45) is 0.863. The predicted molar refractivity (Wildman–Crippen MR) is 80.6 cm³/mol. The Bertz CT molecular complexity index is 544. The van der Waals surface area contributed by atoms with Crippen LogP contribution in [0.4, 0.5) is 15.9 Å². The first kappa shape index (κ1) is 14.5. The largest absolute Gasteiger partial charge is 0.327 e. The molecule has 106 valence electrons. The van der Waals surface area contributed by atoms with Crippen LogP contribution in [-0.2, 0) is 13.0 Å². The number of rotatable bonds is 5.